The molecule has 0 aliphatic carbocycles. The van der Waals surface area contributed by atoms with Gasteiger partial charge in [-0.25, -0.2) is 15.0 Å². The van der Waals surface area contributed by atoms with Crippen LogP contribution in [0.1, 0.15) is 33.1 Å². The van der Waals surface area contributed by atoms with Crippen LogP contribution in [0.25, 0.3) is 17.5 Å². The van der Waals surface area contributed by atoms with Crippen LogP contribution in [0, 0.1) is 10.8 Å². The second kappa shape index (κ2) is 6.68. The zero-order valence-electron chi connectivity index (χ0n) is 16.9. The molecular formula is C20H22N10. The van der Waals surface area contributed by atoms with Crippen molar-refractivity contribution in [3.05, 3.63) is 37.2 Å². The second-order valence-electron chi connectivity index (χ2n) is 7.50. The van der Waals surface area contributed by atoms with E-state index in [9.17, 15) is 0 Å². The van der Waals surface area contributed by atoms with Crippen molar-refractivity contribution < 1.29 is 0 Å². The molecule has 3 aromatic rings. The number of rotatable bonds is 3. The van der Waals surface area contributed by atoms with Crippen molar-refractivity contribution in [3.63, 3.8) is 0 Å². The Morgan fingerprint density at radius 1 is 1.17 bits per heavy atom. The van der Waals surface area contributed by atoms with Crippen LogP contribution in [0.5, 0.6) is 0 Å². The summed E-state index contributed by atoms with van der Waals surface area (Å²) in [7, 11) is 0. The van der Waals surface area contributed by atoms with Gasteiger partial charge in [0.05, 0.1) is 17.9 Å². The Hall–Kier alpha value is -3.69. The minimum atomic E-state index is -0.441. The molecule has 10 heteroatoms. The molecule has 5 rings (SSSR count). The molecule has 0 radical (unpaired) electrons. The number of hydrogen-bond donors (Lipinski definition) is 2. The molecule has 1 fully saturated rings. The Bertz CT molecular complexity index is 1140. The second-order valence-corrected chi connectivity index (χ2v) is 7.50. The number of nitrogens with one attached hydrogen (secondary N) is 2. The third kappa shape index (κ3) is 2.46. The van der Waals surface area contributed by atoms with E-state index in [1.54, 1.807) is 53.6 Å². The number of amidine groups is 2. The average Bonchev–Trinajstić information content (AvgIpc) is 3.42. The summed E-state index contributed by atoms with van der Waals surface area (Å²) in [6.07, 6.45) is 12.7. The SMILES string of the molecule is CC[C@@]12CCCN1c1nc(-n3ccnc3-c3cnccn3)ncc1N(C(C)=N)C2=N. The van der Waals surface area contributed by atoms with Crippen LogP contribution < -0.4 is 9.80 Å². The number of fused-ring (bicyclic) bond motifs is 3. The van der Waals surface area contributed by atoms with Gasteiger partial charge in [-0.2, -0.15) is 4.98 Å². The zero-order chi connectivity index (χ0) is 20.9. The molecule has 2 N–H and O–H groups in total. The van der Waals surface area contributed by atoms with Gasteiger partial charge in [0.1, 0.15) is 23.1 Å². The lowest BCUT2D eigenvalue weighted by Crippen LogP contribution is -2.61. The molecule has 0 amide bonds. The fourth-order valence-corrected chi connectivity index (χ4v) is 4.54. The van der Waals surface area contributed by atoms with Gasteiger partial charge < -0.3 is 4.90 Å². The summed E-state index contributed by atoms with van der Waals surface area (Å²) in [5, 5.41) is 17.2. The maximum atomic E-state index is 8.88. The maximum absolute atomic E-state index is 8.88. The van der Waals surface area contributed by atoms with Crippen molar-refractivity contribution in [2.45, 2.75) is 38.6 Å². The highest BCUT2D eigenvalue weighted by atomic mass is 15.4. The van der Waals surface area contributed by atoms with E-state index in [4.69, 9.17) is 15.8 Å². The van der Waals surface area contributed by atoms with Crippen LogP contribution in [-0.2, 0) is 0 Å². The first kappa shape index (κ1) is 18.3. The number of aromatic nitrogens is 6. The summed E-state index contributed by atoms with van der Waals surface area (Å²) in [4.78, 5) is 26.2. The minimum Gasteiger partial charge on any atom is -0.342 e. The summed E-state index contributed by atoms with van der Waals surface area (Å²) in [6, 6.07) is 0. The lowest BCUT2D eigenvalue weighted by atomic mass is 9.88. The van der Waals surface area contributed by atoms with Gasteiger partial charge in [-0.3, -0.25) is 25.3 Å². The monoisotopic (exact) mass is 402 g/mol. The number of hydrogen-bond acceptors (Lipinski definition) is 8. The fourth-order valence-electron chi connectivity index (χ4n) is 4.54. The summed E-state index contributed by atoms with van der Waals surface area (Å²) in [6.45, 7) is 4.62. The van der Waals surface area contributed by atoms with E-state index in [0.29, 0.717) is 34.8 Å². The van der Waals surface area contributed by atoms with E-state index in [-0.39, 0.29) is 0 Å². The van der Waals surface area contributed by atoms with Crippen LogP contribution in [0.4, 0.5) is 11.5 Å². The molecule has 30 heavy (non-hydrogen) atoms. The summed E-state index contributed by atoms with van der Waals surface area (Å²) < 4.78 is 1.79. The molecule has 0 unspecified atom stereocenters. The first-order chi connectivity index (χ1) is 14.6. The maximum Gasteiger partial charge on any atom is 0.237 e. The Morgan fingerprint density at radius 2 is 2.03 bits per heavy atom. The van der Waals surface area contributed by atoms with Gasteiger partial charge in [-0.15, -0.1) is 0 Å². The van der Waals surface area contributed by atoms with Crippen molar-refractivity contribution in [3.8, 4) is 17.5 Å². The van der Waals surface area contributed by atoms with E-state index in [2.05, 4.69) is 31.8 Å². The van der Waals surface area contributed by atoms with Crippen molar-refractivity contribution in [2.24, 2.45) is 0 Å². The molecule has 2 aliphatic rings. The minimum absolute atomic E-state index is 0.292. The summed E-state index contributed by atoms with van der Waals surface area (Å²) in [5.41, 5.74) is 0.860. The molecule has 3 aromatic heterocycles. The van der Waals surface area contributed by atoms with E-state index < -0.39 is 5.54 Å². The van der Waals surface area contributed by atoms with Crippen molar-refractivity contribution >= 4 is 23.2 Å². The molecule has 0 saturated carbocycles. The fraction of sp³-hybridized carbons (Fsp3) is 0.350. The van der Waals surface area contributed by atoms with E-state index in [1.165, 1.54) is 0 Å². The first-order valence-electron chi connectivity index (χ1n) is 9.96. The molecule has 0 bridgehead atoms. The Balaban J connectivity index is 1.68. The van der Waals surface area contributed by atoms with Crippen molar-refractivity contribution in [1.29, 1.82) is 10.8 Å². The van der Waals surface area contributed by atoms with E-state index >= 15 is 0 Å². The van der Waals surface area contributed by atoms with Crippen LogP contribution >= 0.6 is 0 Å². The normalized spacial score (nSPS) is 20.3. The van der Waals surface area contributed by atoms with E-state index in [1.807, 2.05) is 0 Å². The predicted octanol–water partition coefficient (Wildman–Crippen LogP) is 2.66. The van der Waals surface area contributed by atoms with Crippen LogP contribution in [0.3, 0.4) is 0 Å². The van der Waals surface area contributed by atoms with Crippen LogP contribution in [0.2, 0.25) is 0 Å². The highest BCUT2D eigenvalue weighted by molar-refractivity contribution is 6.23. The molecule has 1 saturated heterocycles. The van der Waals surface area contributed by atoms with Gasteiger partial charge in [0, 0.05) is 31.3 Å². The molecular weight excluding hydrogens is 380 g/mol. The number of imidazole rings is 1. The Kier molecular flexibility index (Phi) is 4.09. The Morgan fingerprint density at radius 3 is 2.77 bits per heavy atom. The highest BCUT2D eigenvalue weighted by Crippen LogP contribution is 2.46. The van der Waals surface area contributed by atoms with Gasteiger partial charge in [0.2, 0.25) is 5.95 Å². The predicted molar refractivity (Wildman–Crippen MR) is 113 cm³/mol. The van der Waals surface area contributed by atoms with Gasteiger partial charge in [-0.05, 0) is 26.2 Å². The molecule has 0 aromatic carbocycles. The first-order valence-corrected chi connectivity index (χ1v) is 9.96. The van der Waals surface area contributed by atoms with Gasteiger partial charge in [-0.1, -0.05) is 6.92 Å². The third-order valence-corrected chi connectivity index (χ3v) is 5.96. The largest absolute Gasteiger partial charge is 0.342 e. The quantitative estimate of drug-likeness (QED) is 0.510. The van der Waals surface area contributed by atoms with Gasteiger partial charge >= 0.3 is 0 Å². The molecule has 5 heterocycles. The molecule has 152 valence electrons. The number of nitrogens with zero attached hydrogens (tertiary/aromatic N) is 8. The highest BCUT2D eigenvalue weighted by Gasteiger charge is 2.51. The van der Waals surface area contributed by atoms with Crippen LogP contribution in [-0.4, -0.2) is 53.2 Å². The Labute approximate surface area is 173 Å². The van der Waals surface area contributed by atoms with Gasteiger partial charge in [0.15, 0.2) is 11.6 Å². The smallest absolute Gasteiger partial charge is 0.237 e. The van der Waals surface area contributed by atoms with Crippen LogP contribution in [0.15, 0.2) is 37.2 Å². The summed E-state index contributed by atoms with van der Waals surface area (Å²) >= 11 is 0. The van der Waals surface area contributed by atoms with Gasteiger partial charge in [0.25, 0.3) is 0 Å². The number of anilines is 2. The third-order valence-electron chi connectivity index (χ3n) is 5.96. The zero-order valence-corrected chi connectivity index (χ0v) is 16.9. The average molecular weight is 402 g/mol. The van der Waals surface area contributed by atoms with Crippen molar-refractivity contribution in [2.75, 3.05) is 16.3 Å². The summed E-state index contributed by atoms with van der Waals surface area (Å²) in [5.74, 6) is 2.55. The standard InChI is InChI=1S/C20H22N10/c1-3-20-5-4-9-29(20)17-15(30(13(2)21)18(20)22)12-26-19(27-17)28-10-8-25-16(28)14-11-23-6-7-24-14/h6-8,10-12,21-22H,3-5,9H2,1-2H3/t20-/m0/s1. The molecule has 0 spiro atoms. The van der Waals surface area contributed by atoms with E-state index in [0.717, 1.165) is 31.6 Å². The van der Waals surface area contributed by atoms with Crippen molar-refractivity contribution in [1.82, 2.24) is 29.5 Å². The molecule has 1 atom stereocenters. The molecule has 10 nitrogen and oxygen atoms in total. The lowest BCUT2D eigenvalue weighted by Gasteiger charge is -2.48. The lowest BCUT2D eigenvalue weighted by molar-refractivity contribution is 0.525. The topological polar surface area (TPSA) is 124 Å². The molecule has 2 aliphatic heterocycles.